The van der Waals surface area contributed by atoms with E-state index in [9.17, 15) is 4.79 Å². The summed E-state index contributed by atoms with van der Waals surface area (Å²) in [6.07, 6.45) is 0. The molecule has 0 fully saturated rings. The number of carbonyl (C=O) groups excluding carboxylic acids is 1. The minimum atomic E-state index is -0.156. The largest absolute Gasteiger partial charge is 0.487 e. The fourth-order valence-electron chi connectivity index (χ4n) is 2.54. The lowest BCUT2D eigenvalue weighted by molar-refractivity contribution is 0.0992. The number of halogens is 1. The molecule has 0 atom stereocenters. The number of hydrogen-bond acceptors (Lipinski definition) is 3. The second-order valence-corrected chi connectivity index (χ2v) is 6.31. The summed E-state index contributed by atoms with van der Waals surface area (Å²) in [4.78, 5) is 14.3. The van der Waals surface area contributed by atoms with Crippen LogP contribution in [0.25, 0.3) is 0 Å². The molecule has 0 aliphatic rings. The van der Waals surface area contributed by atoms with Gasteiger partial charge in [-0.05, 0) is 42.0 Å². The Kier molecular flexibility index (Phi) is 5.44. The van der Waals surface area contributed by atoms with Crippen LogP contribution in [-0.2, 0) is 6.61 Å². The van der Waals surface area contributed by atoms with Crippen molar-refractivity contribution in [1.29, 1.82) is 0 Å². The lowest BCUT2D eigenvalue weighted by Gasteiger charge is -2.21. The quantitative estimate of drug-likeness (QED) is 0.661. The van der Waals surface area contributed by atoms with Gasteiger partial charge in [0.05, 0.1) is 5.69 Å². The highest BCUT2D eigenvalue weighted by Gasteiger charge is 2.18. The summed E-state index contributed by atoms with van der Waals surface area (Å²) in [6.45, 7) is 0.387. The zero-order valence-corrected chi connectivity index (χ0v) is 15.1. The van der Waals surface area contributed by atoms with Crippen molar-refractivity contribution in [2.45, 2.75) is 6.61 Å². The number of hydrogen-bond donors (Lipinski definition) is 1. The second-order valence-electron chi connectivity index (χ2n) is 5.87. The van der Waals surface area contributed by atoms with Crippen molar-refractivity contribution in [3.8, 4) is 5.75 Å². The molecule has 2 N–H and O–H groups in total. The molecule has 3 aromatic carbocycles. The summed E-state index contributed by atoms with van der Waals surface area (Å²) >= 11 is 6.12. The van der Waals surface area contributed by atoms with Gasteiger partial charge in [-0.25, -0.2) is 0 Å². The lowest BCUT2D eigenvalue weighted by Crippen LogP contribution is -2.26. The van der Waals surface area contributed by atoms with Gasteiger partial charge in [-0.3, -0.25) is 4.79 Å². The van der Waals surface area contributed by atoms with E-state index in [0.717, 1.165) is 5.56 Å². The Balaban J connectivity index is 1.84. The van der Waals surface area contributed by atoms with Crippen LogP contribution in [0, 0.1) is 0 Å². The minimum Gasteiger partial charge on any atom is -0.487 e. The molecule has 0 aromatic heterocycles. The number of nitrogens with zero attached hydrogens (tertiary/aromatic N) is 1. The molecule has 0 bridgehead atoms. The molecule has 0 saturated carbocycles. The van der Waals surface area contributed by atoms with Crippen LogP contribution < -0.4 is 15.4 Å². The predicted octanol–water partition coefficient (Wildman–Crippen LogP) is 4.78. The molecule has 3 aromatic rings. The zero-order valence-electron chi connectivity index (χ0n) is 14.4. The second kappa shape index (κ2) is 7.93. The molecule has 0 unspecified atom stereocenters. The molecule has 5 heteroatoms. The molecule has 0 radical (unpaired) electrons. The molecule has 0 heterocycles. The van der Waals surface area contributed by atoms with Crippen LogP contribution in [0.15, 0.2) is 72.8 Å². The van der Waals surface area contributed by atoms with E-state index in [0.29, 0.717) is 34.3 Å². The van der Waals surface area contributed by atoms with Crippen molar-refractivity contribution < 1.29 is 9.53 Å². The third-order valence-corrected chi connectivity index (χ3v) is 4.22. The highest BCUT2D eigenvalue weighted by molar-refractivity contribution is 6.30. The molecule has 1 amide bonds. The molecule has 0 spiro atoms. The molecule has 4 nitrogen and oxygen atoms in total. The Morgan fingerprint density at radius 3 is 2.42 bits per heavy atom. The van der Waals surface area contributed by atoms with Crippen LogP contribution in [0.3, 0.4) is 0 Å². The van der Waals surface area contributed by atoms with E-state index in [1.807, 2.05) is 30.3 Å². The molecule has 0 aliphatic heterocycles. The average molecular weight is 367 g/mol. The lowest BCUT2D eigenvalue weighted by atomic mass is 10.1. The first-order chi connectivity index (χ1) is 12.5. The van der Waals surface area contributed by atoms with Gasteiger partial charge < -0.3 is 15.4 Å². The van der Waals surface area contributed by atoms with Gasteiger partial charge in [0, 0.05) is 29.4 Å². The first kappa shape index (κ1) is 17.8. The van der Waals surface area contributed by atoms with E-state index < -0.39 is 0 Å². The highest BCUT2D eigenvalue weighted by atomic mass is 35.5. The summed E-state index contributed by atoms with van der Waals surface area (Å²) < 4.78 is 5.93. The van der Waals surface area contributed by atoms with Crippen LogP contribution >= 0.6 is 11.6 Å². The van der Waals surface area contributed by atoms with Gasteiger partial charge in [0.25, 0.3) is 5.91 Å². The summed E-state index contributed by atoms with van der Waals surface area (Å²) in [7, 11) is 1.71. The number of anilines is 2. The number of ether oxygens (including phenoxy) is 1. The van der Waals surface area contributed by atoms with Gasteiger partial charge in [-0.1, -0.05) is 41.9 Å². The number of nitrogens with two attached hydrogens (primary N) is 1. The van der Waals surface area contributed by atoms with Gasteiger partial charge in [0.2, 0.25) is 0 Å². The number of nitrogen functional groups attached to an aromatic ring is 1. The summed E-state index contributed by atoms with van der Waals surface area (Å²) in [6, 6.07) is 21.9. The normalized spacial score (nSPS) is 10.4. The number of benzene rings is 3. The van der Waals surface area contributed by atoms with Crippen molar-refractivity contribution in [2.24, 2.45) is 0 Å². The fourth-order valence-corrected chi connectivity index (χ4v) is 2.71. The van der Waals surface area contributed by atoms with Crippen molar-refractivity contribution >= 4 is 28.9 Å². The zero-order chi connectivity index (χ0) is 18.5. The predicted molar refractivity (Wildman–Crippen MR) is 106 cm³/mol. The van der Waals surface area contributed by atoms with Crippen molar-refractivity contribution in [3.05, 3.63) is 88.9 Å². The van der Waals surface area contributed by atoms with Crippen LogP contribution in [0.5, 0.6) is 5.75 Å². The van der Waals surface area contributed by atoms with E-state index in [4.69, 9.17) is 22.1 Å². The monoisotopic (exact) mass is 366 g/mol. The van der Waals surface area contributed by atoms with Gasteiger partial charge >= 0.3 is 0 Å². The topological polar surface area (TPSA) is 55.6 Å². The summed E-state index contributed by atoms with van der Waals surface area (Å²) in [5, 5.41) is 0.546. The maximum Gasteiger partial charge on any atom is 0.258 e. The minimum absolute atomic E-state index is 0.156. The number of rotatable bonds is 5. The van der Waals surface area contributed by atoms with E-state index in [-0.39, 0.29) is 5.91 Å². The summed E-state index contributed by atoms with van der Waals surface area (Å²) in [5.41, 5.74) is 8.53. The van der Waals surface area contributed by atoms with Crippen molar-refractivity contribution in [2.75, 3.05) is 17.7 Å². The van der Waals surface area contributed by atoms with Crippen LogP contribution in [0.2, 0.25) is 5.02 Å². The van der Waals surface area contributed by atoms with Gasteiger partial charge in [0.1, 0.15) is 12.4 Å². The standard InChI is InChI=1S/C21H19ClN2O2/c1-24(21(25)16-7-10-18(23)11-8-16)19-12-9-17(22)13-20(19)26-14-15-5-3-2-4-6-15/h2-13H,14,23H2,1H3. The third kappa shape index (κ3) is 4.16. The Morgan fingerprint density at radius 2 is 1.73 bits per heavy atom. The van der Waals surface area contributed by atoms with E-state index >= 15 is 0 Å². The smallest absolute Gasteiger partial charge is 0.258 e. The van der Waals surface area contributed by atoms with Gasteiger partial charge in [-0.15, -0.1) is 0 Å². The molecule has 0 saturated heterocycles. The maximum atomic E-state index is 12.8. The van der Waals surface area contributed by atoms with Crippen molar-refractivity contribution in [3.63, 3.8) is 0 Å². The SMILES string of the molecule is CN(C(=O)c1ccc(N)cc1)c1ccc(Cl)cc1OCc1ccccc1. The van der Waals surface area contributed by atoms with Crippen LogP contribution in [0.4, 0.5) is 11.4 Å². The Hall–Kier alpha value is -2.98. The fraction of sp³-hybridized carbons (Fsp3) is 0.0952. The first-order valence-electron chi connectivity index (χ1n) is 8.14. The summed E-state index contributed by atoms with van der Waals surface area (Å²) in [5.74, 6) is 0.393. The maximum absolute atomic E-state index is 12.8. The van der Waals surface area contributed by atoms with Crippen LogP contribution in [0.1, 0.15) is 15.9 Å². The Labute approximate surface area is 157 Å². The van der Waals surface area contributed by atoms with E-state index in [1.54, 1.807) is 54.4 Å². The molecule has 26 heavy (non-hydrogen) atoms. The first-order valence-corrected chi connectivity index (χ1v) is 8.52. The molecular weight excluding hydrogens is 348 g/mol. The van der Waals surface area contributed by atoms with Crippen LogP contribution in [-0.4, -0.2) is 13.0 Å². The van der Waals surface area contributed by atoms with Gasteiger partial charge in [0.15, 0.2) is 0 Å². The molecular formula is C21H19ClN2O2. The average Bonchev–Trinajstić information content (AvgIpc) is 2.67. The Bertz CT molecular complexity index is 896. The number of amides is 1. The molecule has 132 valence electrons. The van der Waals surface area contributed by atoms with Crippen molar-refractivity contribution in [1.82, 2.24) is 0 Å². The van der Waals surface area contributed by atoms with E-state index in [2.05, 4.69) is 0 Å². The number of carbonyl (C=O) groups is 1. The molecule has 3 rings (SSSR count). The Morgan fingerprint density at radius 1 is 1.04 bits per heavy atom. The molecule has 0 aliphatic carbocycles. The van der Waals surface area contributed by atoms with Gasteiger partial charge in [-0.2, -0.15) is 0 Å². The highest BCUT2D eigenvalue weighted by Crippen LogP contribution is 2.32. The third-order valence-electron chi connectivity index (χ3n) is 3.98. The van der Waals surface area contributed by atoms with E-state index in [1.165, 1.54) is 0 Å².